The summed E-state index contributed by atoms with van der Waals surface area (Å²) < 4.78 is 0. The van der Waals surface area contributed by atoms with Gasteiger partial charge in [-0.05, 0) is 65.2 Å². The minimum Gasteiger partial charge on any atom is -0.480 e. The Bertz CT molecular complexity index is 327. The number of rotatable bonds is 4. The number of nitrogens with two attached hydrogens (primary N) is 1. The highest BCUT2D eigenvalue weighted by molar-refractivity contribution is 5.79. The lowest BCUT2D eigenvalue weighted by Crippen LogP contribution is -2.48. The van der Waals surface area contributed by atoms with Gasteiger partial charge in [0.1, 0.15) is 5.54 Å². The lowest BCUT2D eigenvalue weighted by atomic mass is 9.94. The van der Waals surface area contributed by atoms with Crippen LogP contribution in [0.1, 0.15) is 32.1 Å². The molecule has 0 aromatic heterocycles. The predicted octanol–water partition coefficient (Wildman–Crippen LogP) is 0.595. The number of aliphatic carboxylic acids is 1. The van der Waals surface area contributed by atoms with Gasteiger partial charge in [0.2, 0.25) is 0 Å². The molecule has 2 aliphatic rings. The average molecular weight is 269 g/mol. The van der Waals surface area contributed by atoms with Gasteiger partial charge in [-0.3, -0.25) is 4.79 Å². The summed E-state index contributed by atoms with van der Waals surface area (Å²) in [4.78, 5) is 15.9. The van der Waals surface area contributed by atoms with Crippen LogP contribution in [-0.4, -0.2) is 66.2 Å². The standard InChI is InChI=1S/C14H27N3O2/c1-16(2)10-11-4-7-17(8-5-11)12-3-6-14(15,9-12)13(18)19/h11-12H,3-10,15H2,1-2H3,(H,18,19). The van der Waals surface area contributed by atoms with Crippen molar-refractivity contribution in [2.75, 3.05) is 33.7 Å². The first-order valence-corrected chi connectivity index (χ1v) is 7.32. The summed E-state index contributed by atoms with van der Waals surface area (Å²) in [5.74, 6) is -0.0488. The van der Waals surface area contributed by atoms with Crippen molar-refractivity contribution in [2.45, 2.75) is 43.7 Å². The number of likely N-dealkylation sites (tertiary alicyclic amines) is 1. The van der Waals surface area contributed by atoms with Crippen molar-refractivity contribution in [3.8, 4) is 0 Å². The summed E-state index contributed by atoms with van der Waals surface area (Å²) in [6, 6.07) is 0.376. The topological polar surface area (TPSA) is 69.8 Å². The van der Waals surface area contributed by atoms with Crippen molar-refractivity contribution in [1.29, 1.82) is 0 Å². The van der Waals surface area contributed by atoms with Gasteiger partial charge in [0, 0.05) is 12.6 Å². The van der Waals surface area contributed by atoms with Crippen LogP contribution < -0.4 is 5.73 Å². The summed E-state index contributed by atoms with van der Waals surface area (Å²) in [7, 11) is 4.25. The molecule has 5 nitrogen and oxygen atoms in total. The van der Waals surface area contributed by atoms with Gasteiger partial charge in [0.05, 0.1) is 0 Å². The van der Waals surface area contributed by atoms with E-state index < -0.39 is 11.5 Å². The third-order valence-electron chi connectivity index (χ3n) is 4.74. The molecule has 1 heterocycles. The van der Waals surface area contributed by atoms with Gasteiger partial charge in [-0.25, -0.2) is 0 Å². The van der Waals surface area contributed by atoms with E-state index in [4.69, 9.17) is 5.73 Å². The van der Waals surface area contributed by atoms with Gasteiger partial charge >= 0.3 is 5.97 Å². The van der Waals surface area contributed by atoms with Gasteiger partial charge < -0.3 is 20.6 Å². The van der Waals surface area contributed by atoms with Crippen molar-refractivity contribution >= 4 is 5.97 Å². The van der Waals surface area contributed by atoms with Crippen LogP contribution in [0.25, 0.3) is 0 Å². The Morgan fingerprint density at radius 1 is 1.37 bits per heavy atom. The lowest BCUT2D eigenvalue weighted by Gasteiger charge is -2.37. The van der Waals surface area contributed by atoms with E-state index in [9.17, 15) is 9.90 Å². The molecular formula is C14H27N3O2. The molecule has 2 unspecified atom stereocenters. The zero-order valence-corrected chi connectivity index (χ0v) is 12.1. The number of hydrogen-bond donors (Lipinski definition) is 2. The fourth-order valence-corrected chi connectivity index (χ4v) is 3.57. The van der Waals surface area contributed by atoms with Crippen molar-refractivity contribution < 1.29 is 9.90 Å². The predicted molar refractivity (Wildman–Crippen MR) is 75.0 cm³/mol. The first-order valence-electron chi connectivity index (χ1n) is 7.32. The molecule has 19 heavy (non-hydrogen) atoms. The number of nitrogens with zero attached hydrogens (tertiary/aromatic N) is 2. The SMILES string of the molecule is CN(C)CC1CCN(C2CCC(N)(C(=O)O)C2)CC1. The van der Waals surface area contributed by atoms with E-state index in [-0.39, 0.29) is 0 Å². The van der Waals surface area contributed by atoms with Crippen molar-refractivity contribution in [2.24, 2.45) is 11.7 Å². The Hall–Kier alpha value is -0.650. The molecular weight excluding hydrogens is 242 g/mol. The molecule has 0 aromatic rings. The highest BCUT2D eigenvalue weighted by atomic mass is 16.4. The number of piperidine rings is 1. The quantitative estimate of drug-likeness (QED) is 0.782. The first-order chi connectivity index (χ1) is 8.90. The van der Waals surface area contributed by atoms with Gasteiger partial charge in [0.15, 0.2) is 0 Å². The van der Waals surface area contributed by atoms with Crippen LogP contribution in [0.5, 0.6) is 0 Å². The van der Waals surface area contributed by atoms with Gasteiger partial charge in [-0.1, -0.05) is 0 Å². The average Bonchev–Trinajstić information content (AvgIpc) is 2.74. The van der Waals surface area contributed by atoms with Gasteiger partial charge in [-0.2, -0.15) is 0 Å². The maximum Gasteiger partial charge on any atom is 0.323 e. The first kappa shape index (κ1) is 14.8. The van der Waals surface area contributed by atoms with Crippen LogP contribution in [0.4, 0.5) is 0 Å². The molecule has 0 aromatic carbocycles. The molecule has 1 aliphatic heterocycles. The normalized spacial score (nSPS) is 34.0. The molecule has 0 amide bonds. The molecule has 0 radical (unpaired) electrons. The largest absolute Gasteiger partial charge is 0.480 e. The van der Waals surface area contributed by atoms with Crippen molar-refractivity contribution in [3.05, 3.63) is 0 Å². The summed E-state index contributed by atoms with van der Waals surface area (Å²) >= 11 is 0. The Kier molecular flexibility index (Phi) is 4.48. The minimum atomic E-state index is -0.981. The maximum atomic E-state index is 11.2. The molecule has 1 saturated carbocycles. The fraction of sp³-hybridized carbons (Fsp3) is 0.929. The van der Waals surface area contributed by atoms with Gasteiger partial charge in [-0.15, -0.1) is 0 Å². The van der Waals surface area contributed by atoms with Crippen LogP contribution in [0.2, 0.25) is 0 Å². The summed E-state index contributed by atoms with van der Waals surface area (Å²) in [6.07, 6.45) is 4.60. The molecule has 3 N–H and O–H groups in total. The summed E-state index contributed by atoms with van der Waals surface area (Å²) in [6.45, 7) is 3.35. The van der Waals surface area contributed by atoms with Crippen molar-refractivity contribution in [1.82, 2.24) is 9.80 Å². The summed E-state index contributed by atoms with van der Waals surface area (Å²) in [5, 5.41) is 9.18. The molecule has 1 aliphatic carbocycles. The number of carboxylic acid groups (broad SMARTS) is 1. The Balaban J connectivity index is 1.81. The highest BCUT2D eigenvalue weighted by Gasteiger charge is 2.44. The van der Waals surface area contributed by atoms with Crippen LogP contribution in [0.3, 0.4) is 0 Å². The van der Waals surface area contributed by atoms with E-state index in [1.54, 1.807) is 0 Å². The summed E-state index contributed by atoms with van der Waals surface area (Å²) in [5.41, 5.74) is 4.98. The molecule has 2 rings (SSSR count). The molecule has 0 bridgehead atoms. The lowest BCUT2D eigenvalue weighted by molar-refractivity contribution is -0.143. The maximum absolute atomic E-state index is 11.2. The Labute approximate surface area is 115 Å². The van der Waals surface area contributed by atoms with E-state index in [0.717, 1.165) is 32.0 Å². The number of carbonyl (C=O) groups is 1. The molecule has 5 heteroatoms. The van der Waals surface area contributed by atoms with E-state index in [0.29, 0.717) is 18.9 Å². The number of hydrogen-bond acceptors (Lipinski definition) is 4. The van der Waals surface area contributed by atoms with Crippen LogP contribution >= 0.6 is 0 Å². The van der Waals surface area contributed by atoms with E-state index in [2.05, 4.69) is 23.9 Å². The molecule has 0 spiro atoms. The molecule has 110 valence electrons. The molecule has 2 fully saturated rings. The minimum absolute atomic E-state index is 0.376. The second-order valence-electron chi connectivity index (χ2n) is 6.60. The van der Waals surface area contributed by atoms with Crippen molar-refractivity contribution in [3.63, 3.8) is 0 Å². The highest BCUT2D eigenvalue weighted by Crippen LogP contribution is 2.33. The van der Waals surface area contributed by atoms with Gasteiger partial charge in [0.25, 0.3) is 0 Å². The van der Waals surface area contributed by atoms with Crippen LogP contribution in [-0.2, 0) is 4.79 Å². The fourth-order valence-electron chi connectivity index (χ4n) is 3.57. The van der Waals surface area contributed by atoms with E-state index in [1.807, 2.05) is 0 Å². The van der Waals surface area contributed by atoms with E-state index >= 15 is 0 Å². The monoisotopic (exact) mass is 269 g/mol. The zero-order valence-electron chi connectivity index (χ0n) is 12.1. The smallest absolute Gasteiger partial charge is 0.323 e. The second-order valence-corrected chi connectivity index (χ2v) is 6.60. The number of carboxylic acids is 1. The van der Waals surface area contributed by atoms with E-state index in [1.165, 1.54) is 12.8 Å². The Morgan fingerprint density at radius 3 is 2.47 bits per heavy atom. The van der Waals surface area contributed by atoms with Crippen LogP contribution in [0.15, 0.2) is 0 Å². The Morgan fingerprint density at radius 2 is 2.00 bits per heavy atom. The third-order valence-corrected chi connectivity index (χ3v) is 4.74. The zero-order chi connectivity index (χ0) is 14.0. The molecule has 1 saturated heterocycles. The second kappa shape index (κ2) is 5.77. The van der Waals surface area contributed by atoms with Crippen LogP contribution in [0, 0.1) is 5.92 Å². The molecule has 2 atom stereocenters. The third kappa shape index (κ3) is 3.46.